The van der Waals surface area contributed by atoms with Crippen LogP contribution in [0.25, 0.3) is 0 Å². The van der Waals surface area contributed by atoms with Crippen molar-refractivity contribution in [3.8, 4) is 0 Å². The van der Waals surface area contributed by atoms with Gasteiger partial charge in [0.1, 0.15) is 0 Å². The van der Waals surface area contributed by atoms with Crippen molar-refractivity contribution in [3.63, 3.8) is 0 Å². The molecule has 1 amide bonds. The number of benzene rings is 2. The van der Waals surface area contributed by atoms with Crippen molar-refractivity contribution in [2.45, 2.75) is 37.0 Å². The topological polar surface area (TPSA) is 75.3 Å². The zero-order chi connectivity index (χ0) is 18.6. The lowest BCUT2D eigenvalue weighted by Crippen LogP contribution is -2.24. The highest BCUT2D eigenvalue weighted by molar-refractivity contribution is 7.92. The van der Waals surface area contributed by atoms with E-state index in [-0.39, 0.29) is 16.7 Å². The largest absolute Gasteiger partial charge is 0.326 e. The third-order valence-corrected chi connectivity index (χ3v) is 6.12. The zero-order valence-corrected chi connectivity index (χ0v) is 15.8. The second-order valence-electron chi connectivity index (χ2n) is 6.46. The molecule has 0 saturated heterocycles. The summed E-state index contributed by atoms with van der Waals surface area (Å²) in [6.45, 7) is 0. The second kappa shape index (κ2) is 8.10. The molecule has 138 valence electrons. The van der Waals surface area contributed by atoms with Crippen LogP contribution in [0.2, 0.25) is 5.02 Å². The predicted molar refractivity (Wildman–Crippen MR) is 104 cm³/mol. The standard InChI is InChI=1S/C19H21ClN2O3S/c20-15-9-11-16(12-10-15)22-26(24,25)18-8-4-7-17(13-18)21-19(23)14-5-2-1-3-6-14/h4,7-14,22H,1-3,5-6H2,(H,21,23). The van der Waals surface area contributed by atoms with Crippen LogP contribution >= 0.6 is 11.6 Å². The van der Waals surface area contributed by atoms with Crippen LogP contribution in [0, 0.1) is 5.92 Å². The molecule has 2 aromatic carbocycles. The molecule has 0 aromatic heterocycles. The number of amides is 1. The molecule has 1 aliphatic rings. The van der Waals surface area contributed by atoms with Gasteiger partial charge < -0.3 is 5.32 Å². The van der Waals surface area contributed by atoms with Crippen LogP contribution in [0.4, 0.5) is 11.4 Å². The average Bonchev–Trinajstić information content (AvgIpc) is 2.64. The summed E-state index contributed by atoms with van der Waals surface area (Å²) in [5.74, 6) is -0.0267. The summed E-state index contributed by atoms with van der Waals surface area (Å²) in [5.41, 5.74) is 0.908. The van der Waals surface area contributed by atoms with Crippen LogP contribution in [0.15, 0.2) is 53.4 Å². The van der Waals surface area contributed by atoms with Gasteiger partial charge in [-0.15, -0.1) is 0 Å². The summed E-state index contributed by atoms with van der Waals surface area (Å²) in [6, 6.07) is 12.7. The van der Waals surface area contributed by atoms with Gasteiger partial charge in [-0.3, -0.25) is 9.52 Å². The van der Waals surface area contributed by atoms with E-state index >= 15 is 0 Å². The van der Waals surface area contributed by atoms with Gasteiger partial charge in [0.25, 0.3) is 10.0 Å². The molecule has 26 heavy (non-hydrogen) atoms. The molecular formula is C19H21ClN2O3S. The van der Waals surface area contributed by atoms with Crippen LogP contribution < -0.4 is 10.0 Å². The highest BCUT2D eigenvalue weighted by Gasteiger charge is 2.22. The highest BCUT2D eigenvalue weighted by Crippen LogP contribution is 2.26. The fourth-order valence-corrected chi connectivity index (χ4v) is 4.31. The van der Waals surface area contributed by atoms with Gasteiger partial charge in [-0.2, -0.15) is 0 Å². The fraction of sp³-hybridized carbons (Fsp3) is 0.316. The Balaban J connectivity index is 1.73. The van der Waals surface area contributed by atoms with Gasteiger partial charge in [-0.1, -0.05) is 36.9 Å². The third-order valence-electron chi connectivity index (χ3n) is 4.48. The van der Waals surface area contributed by atoms with Crippen molar-refractivity contribution < 1.29 is 13.2 Å². The van der Waals surface area contributed by atoms with Crippen LogP contribution in [-0.4, -0.2) is 14.3 Å². The van der Waals surface area contributed by atoms with Gasteiger partial charge in [0.15, 0.2) is 0 Å². The maximum atomic E-state index is 12.6. The number of sulfonamides is 1. The number of halogens is 1. The van der Waals surface area contributed by atoms with Gasteiger partial charge in [0.05, 0.1) is 4.90 Å². The first-order valence-corrected chi connectivity index (χ1v) is 10.5. The molecule has 2 aromatic rings. The normalized spacial score (nSPS) is 15.4. The molecule has 2 N–H and O–H groups in total. The van der Waals surface area contributed by atoms with Crippen molar-refractivity contribution in [1.29, 1.82) is 0 Å². The first-order valence-electron chi connectivity index (χ1n) is 8.63. The molecule has 0 unspecified atom stereocenters. The minimum Gasteiger partial charge on any atom is -0.326 e. The van der Waals surface area contributed by atoms with Gasteiger partial charge in [0, 0.05) is 22.3 Å². The molecule has 1 saturated carbocycles. The van der Waals surface area contributed by atoms with E-state index in [0.717, 1.165) is 25.7 Å². The molecule has 0 radical (unpaired) electrons. The number of anilines is 2. The SMILES string of the molecule is O=C(Nc1cccc(S(=O)(=O)Nc2ccc(Cl)cc2)c1)C1CCCCC1. The van der Waals surface area contributed by atoms with E-state index in [9.17, 15) is 13.2 Å². The molecule has 1 fully saturated rings. The lowest BCUT2D eigenvalue weighted by Gasteiger charge is -2.20. The smallest absolute Gasteiger partial charge is 0.261 e. The molecule has 0 bridgehead atoms. The number of carbonyl (C=O) groups excluding carboxylic acids is 1. The average molecular weight is 393 g/mol. The Bertz CT molecular complexity index is 876. The Morgan fingerprint density at radius 2 is 1.65 bits per heavy atom. The van der Waals surface area contributed by atoms with E-state index in [0.29, 0.717) is 16.4 Å². The number of nitrogens with one attached hydrogen (secondary N) is 2. The Kier molecular flexibility index (Phi) is 5.84. The van der Waals surface area contributed by atoms with E-state index in [4.69, 9.17) is 11.6 Å². The van der Waals surface area contributed by atoms with E-state index in [1.807, 2.05) is 0 Å². The molecule has 0 atom stereocenters. The summed E-state index contributed by atoms with van der Waals surface area (Å²) < 4.78 is 27.6. The Morgan fingerprint density at radius 1 is 0.962 bits per heavy atom. The van der Waals surface area contributed by atoms with Crippen molar-refractivity contribution in [2.24, 2.45) is 5.92 Å². The first kappa shape index (κ1) is 18.7. The van der Waals surface area contributed by atoms with E-state index in [2.05, 4.69) is 10.0 Å². The second-order valence-corrected chi connectivity index (χ2v) is 8.58. The summed E-state index contributed by atoms with van der Waals surface area (Å²) >= 11 is 5.82. The lowest BCUT2D eigenvalue weighted by molar-refractivity contribution is -0.120. The van der Waals surface area contributed by atoms with E-state index in [1.54, 1.807) is 36.4 Å². The summed E-state index contributed by atoms with van der Waals surface area (Å²) in [7, 11) is -3.75. The van der Waals surface area contributed by atoms with Gasteiger partial charge in [-0.05, 0) is 55.3 Å². The number of hydrogen-bond acceptors (Lipinski definition) is 3. The Labute approximate surface area is 158 Å². The van der Waals surface area contributed by atoms with Gasteiger partial charge in [0.2, 0.25) is 5.91 Å². The molecule has 5 nitrogen and oxygen atoms in total. The molecule has 0 heterocycles. The Hall–Kier alpha value is -2.05. The molecule has 0 aliphatic heterocycles. The summed E-state index contributed by atoms with van der Waals surface area (Å²) in [4.78, 5) is 12.5. The molecule has 7 heteroatoms. The maximum absolute atomic E-state index is 12.6. The van der Waals surface area contributed by atoms with E-state index < -0.39 is 10.0 Å². The first-order chi connectivity index (χ1) is 12.4. The molecular weight excluding hydrogens is 372 g/mol. The quantitative estimate of drug-likeness (QED) is 0.776. The van der Waals surface area contributed by atoms with Gasteiger partial charge >= 0.3 is 0 Å². The monoisotopic (exact) mass is 392 g/mol. The van der Waals surface area contributed by atoms with Crippen LogP contribution in [0.5, 0.6) is 0 Å². The summed E-state index contributed by atoms with van der Waals surface area (Å²) in [5, 5.41) is 3.37. The van der Waals surface area contributed by atoms with Crippen molar-refractivity contribution in [2.75, 3.05) is 10.0 Å². The maximum Gasteiger partial charge on any atom is 0.261 e. The minimum absolute atomic E-state index is 0.0104. The highest BCUT2D eigenvalue weighted by atomic mass is 35.5. The lowest BCUT2D eigenvalue weighted by atomic mass is 9.88. The molecule has 0 spiro atoms. The van der Waals surface area contributed by atoms with Crippen LogP contribution in [-0.2, 0) is 14.8 Å². The molecule has 3 rings (SSSR count). The van der Waals surface area contributed by atoms with Crippen LogP contribution in [0.1, 0.15) is 32.1 Å². The van der Waals surface area contributed by atoms with E-state index in [1.165, 1.54) is 18.6 Å². The minimum atomic E-state index is -3.75. The van der Waals surface area contributed by atoms with Crippen molar-refractivity contribution in [3.05, 3.63) is 53.6 Å². The zero-order valence-electron chi connectivity index (χ0n) is 14.2. The fourth-order valence-electron chi connectivity index (χ4n) is 3.08. The van der Waals surface area contributed by atoms with Crippen LogP contribution in [0.3, 0.4) is 0 Å². The molecule has 1 aliphatic carbocycles. The summed E-state index contributed by atoms with van der Waals surface area (Å²) in [6.07, 6.45) is 5.09. The predicted octanol–water partition coefficient (Wildman–Crippen LogP) is 4.66. The number of hydrogen-bond donors (Lipinski definition) is 2. The van der Waals surface area contributed by atoms with Gasteiger partial charge in [-0.25, -0.2) is 8.42 Å². The van der Waals surface area contributed by atoms with Crippen molar-refractivity contribution in [1.82, 2.24) is 0 Å². The number of rotatable bonds is 5. The van der Waals surface area contributed by atoms with Crippen molar-refractivity contribution >= 4 is 38.9 Å². The number of carbonyl (C=O) groups is 1. The Morgan fingerprint density at radius 3 is 2.35 bits per heavy atom. The third kappa shape index (κ3) is 4.77.